The van der Waals surface area contributed by atoms with Crippen LogP contribution >= 0.6 is 0 Å². The Balaban J connectivity index is 1.66. The first kappa shape index (κ1) is 28.3. The van der Waals surface area contributed by atoms with E-state index in [0.717, 1.165) is 44.9 Å². The highest BCUT2D eigenvalue weighted by atomic mass is 16.5. The Morgan fingerprint density at radius 1 is 1.08 bits per heavy atom. The lowest BCUT2D eigenvalue weighted by molar-refractivity contribution is -0.142. The fourth-order valence-corrected chi connectivity index (χ4v) is 9.63. The molecule has 0 aromatic rings. The Hall–Kier alpha value is -0.750. The third kappa shape index (κ3) is 3.89. The smallest absolute Gasteiger partial charge is 0.138 e. The highest BCUT2D eigenvalue weighted by molar-refractivity contribution is 5.85. The molecule has 3 N–H and O–H groups in total. The molecule has 4 aliphatic rings. The zero-order valence-corrected chi connectivity index (χ0v) is 24.1. The van der Waals surface area contributed by atoms with Crippen LogP contribution in [0.4, 0.5) is 0 Å². The molecule has 5 heteroatoms. The van der Waals surface area contributed by atoms with Crippen molar-refractivity contribution in [2.45, 2.75) is 124 Å². The Bertz CT molecular complexity index is 905. The number of Topliss-reactive ketones (excluding diaryl/α,β-unsaturated/α-hetero) is 1. The van der Waals surface area contributed by atoms with Crippen LogP contribution in [0.15, 0.2) is 11.1 Å². The third-order valence-corrected chi connectivity index (χ3v) is 12.4. The molecule has 36 heavy (non-hydrogen) atoms. The van der Waals surface area contributed by atoms with E-state index in [2.05, 4.69) is 41.5 Å². The Labute approximate surface area is 219 Å². The minimum absolute atomic E-state index is 0.0645. The summed E-state index contributed by atoms with van der Waals surface area (Å²) < 4.78 is 6.27. The van der Waals surface area contributed by atoms with E-state index in [4.69, 9.17) is 4.74 Å². The van der Waals surface area contributed by atoms with Gasteiger partial charge in [0, 0.05) is 18.9 Å². The zero-order valence-electron chi connectivity index (χ0n) is 24.1. The molecular formula is C31H52O5. The lowest BCUT2D eigenvalue weighted by Gasteiger charge is -2.62. The van der Waals surface area contributed by atoms with E-state index in [0.29, 0.717) is 36.4 Å². The second-order valence-electron chi connectivity index (χ2n) is 14.4. The molecule has 0 heterocycles. The van der Waals surface area contributed by atoms with Crippen molar-refractivity contribution in [3.63, 3.8) is 0 Å². The van der Waals surface area contributed by atoms with Crippen molar-refractivity contribution in [3.8, 4) is 0 Å². The van der Waals surface area contributed by atoms with Gasteiger partial charge in [-0.25, -0.2) is 0 Å². The van der Waals surface area contributed by atoms with Crippen LogP contribution in [0.25, 0.3) is 0 Å². The van der Waals surface area contributed by atoms with Gasteiger partial charge >= 0.3 is 0 Å². The van der Waals surface area contributed by atoms with Crippen LogP contribution in [0, 0.1) is 39.4 Å². The van der Waals surface area contributed by atoms with Gasteiger partial charge in [0.25, 0.3) is 0 Å². The number of ketones is 1. The number of rotatable bonds is 7. The van der Waals surface area contributed by atoms with Crippen LogP contribution in [-0.2, 0) is 9.53 Å². The Morgan fingerprint density at radius 2 is 1.75 bits per heavy atom. The van der Waals surface area contributed by atoms with Gasteiger partial charge in [-0.05, 0) is 97.9 Å². The van der Waals surface area contributed by atoms with Gasteiger partial charge in [-0.3, -0.25) is 4.79 Å². The second kappa shape index (κ2) is 9.17. The summed E-state index contributed by atoms with van der Waals surface area (Å²) in [6.07, 6.45) is 7.62. The van der Waals surface area contributed by atoms with E-state index < -0.39 is 18.3 Å². The molecule has 0 spiro atoms. The number of allylic oxidation sites excluding steroid dienone is 1. The van der Waals surface area contributed by atoms with Crippen molar-refractivity contribution >= 4 is 5.78 Å². The standard InChI is InChI=1S/C31H52O5/c1-19(9-10-25(34)31(7,35)18-32)20-11-16-30(6)26-21(12-15-29(20,30)5)28(4)14-13-24(33)27(2,3)23(28)17-22(26)36-8/h19-20,22-23,25,32,34-35H,9-18H2,1-8H3/t19-,20-,22-,23+,25+,28-,29-,30+,31+/m1/s1. The van der Waals surface area contributed by atoms with E-state index in [1.807, 2.05) is 7.11 Å². The summed E-state index contributed by atoms with van der Waals surface area (Å²) in [6.45, 7) is 15.2. The average Bonchev–Trinajstić information content (AvgIpc) is 3.11. The minimum atomic E-state index is -1.45. The van der Waals surface area contributed by atoms with Gasteiger partial charge < -0.3 is 20.1 Å². The maximum Gasteiger partial charge on any atom is 0.138 e. The number of carbonyl (C=O) groups excluding carboxylic acids is 1. The number of ether oxygens (including phenoxy) is 1. The van der Waals surface area contributed by atoms with E-state index in [1.54, 1.807) is 11.1 Å². The number of fused-ring (bicyclic) bond motifs is 4. The monoisotopic (exact) mass is 504 g/mol. The third-order valence-electron chi connectivity index (χ3n) is 12.4. The van der Waals surface area contributed by atoms with E-state index in [-0.39, 0.29) is 27.8 Å². The molecule has 0 amide bonds. The number of methoxy groups -OCH3 is 1. The van der Waals surface area contributed by atoms with Crippen LogP contribution in [0.1, 0.15) is 106 Å². The van der Waals surface area contributed by atoms with Crippen molar-refractivity contribution in [1.29, 1.82) is 0 Å². The van der Waals surface area contributed by atoms with Crippen molar-refractivity contribution < 1.29 is 24.9 Å². The summed E-state index contributed by atoms with van der Waals surface area (Å²) in [6, 6.07) is 0. The molecular weight excluding hydrogens is 452 g/mol. The van der Waals surface area contributed by atoms with Gasteiger partial charge in [0.1, 0.15) is 11.4 Å². The normalized spacial score (nSPS) is 43.3. The molecule has 0 bridgehead atoms. The second-order valence-corrected chi connectivity index (χ2v) is 14.4. The van der Waals surface area contributed by atoms with Gasteiger partial charge in [-0.15, -0.1) is 0 Å². The van der Waals surface area contributed by atoms with Crippen molar-refractivity contribution in [3.05, 3.63) is 11.1 Å². The summed E-state index contributed by atoms with van der Waals surface area (Å²) in [5, 5.41) is 30.2. The maximum absolute atomic E-state index is 13.0. The molecule has 0 aromatic heterocycles. The molecule has 0 aromatic carbocycles. The predicted octanol–water partition coefficient (Wildman–Crippen LogP) is 5.45. The Morgan fingerprint density at radius 3 is 2.36 bits per heavy atom. The summed E-state index contributed by atoms with van der Waals surface area (Å²) in [7, 11) is 1.86. The molecule has 0 aliphatic heterocycles. The predicted molar refractivity (Wildman–Crippen MR) is 142 cm³/mol. The minimum Gasteiger partial charge on any atom is -0.393 e. The van der Waals surface area contributed by atoms with Crippen LogP contribution in [0.2, 0.25) is 0 Å². The Kier molecular flexibility index (Phi) is 7.20. The fourth-order valence-electron chi connectivity index (χ4n) is 9.63. The quantitative estimate of drug-likeness (QED) is 0.401. The van der Waals surface area contributed by atoms with Crippen molar-refractivity contribution in [2.75, 3.05) is 13.7 Å². The molecule has 0 saturated heterocycles. The molecule has 2 fully saturated rings. The molecule has 206 valence electrons. The number of aliphatic hydroxyl groups is 3. The number of hydrogen-bond donors (Lipinski definition) is 3. The van der Waals surface area contributed by atoms with Crippen LogP contribution in [0.5, 0.6) is 0 Å². The molecule has 5 nitrogen and oxygen atoms in total. The first-order valence-corrected chi connectivity index (χ1v) is 14.4. The summed E-state index contributed by atoms with van der Waals surface area (Å²) in [5.41, 5.74) is 1.68. The van der Waals surface area contributed by atoms with E-state index >= 15 is 0 Å². The number of hydrogen-bond acceptors (Lipinski definition) is 5. The van der Waals surface area contributed by atoms with Crippen LogP contribution in [0.3, 0.4) is 0 Å². The summed E-state index contributed by atoms with van der Waals surface area (Å²) in [5.74, 6) is 1.69. The topological polar surface area (TPSA) is 87.0 Å². The highest BCUT2D eigenvalue weighted by Gasteiger charge is 2.65. The molecule has 0 unspecified atom stereocenters. The molecule has 4 aliphatic carbocycles. The molecule has 2 saturated carbocycles. The molecule has 9 atom stereocenters. The first-order chi connectivity index (χ1) is 16.6. The van der Waals surface area contributed by atoms with Crippen molar-refractivity contribution in [1.82, 2.24) is 0 Å². The van der Waals surface area contributed by atoms with Crippen LogP contribution < -0.4 is 0 Å². The van der Waals surface area contributed by atoms with Gasteiger partial charge in [-0.1, -0.05) is 47.1 Å². The summed E-state index contributed by atoms with van der Waals surface area (Å²) in [4.78, 5) is 13.0. The SMILES string of the molecule is CO[C@@H]1C[C@H]2C(C)(C)C(=O)CC[C@]2(C)C2=C1[C@]1(C)CC[C@H]([C@H](C)CC[C@H](O)[C@@](C)(O)CO)[C@@]1(C)CC2. The molecule has 0 radical (unpaired) electrons. The maximum atomic E-state index is 13.0. The fraction of sp³-hybridized carbons (Fsp3) is 0.903. The number of aliphatic hydroxyl groups excluding tert-OH is 2. The first-order valence-electron chi connectivity index (χ1n) is 14.4. The van der Waals surface area contributed by atoms with Gasteiger partial charge in [0.05, 0.1) is 18.8 Å². The lowest BCUT2D eigenvalue weighted by atomic mass is 9.43. The lowest BCUT2D eigenvalue weighted by Crippen LogP contribution is -2.57. The van der Waals surface area contributed by atoms with E-state index in [1.165, 1.54) is 6.92 Å². The van der Waals surface area contributed by atoms with E-state index in [9.17, 15) is 20.1 Å². The average molecular weight is 505 g/mol. The molecule has 4 rings (SSSR count). The largest absolute Gasteiger partial charge is 0.393 e. The highest BCUT2D eigenvalue weighted by Crippen LogP contribution is 2.72. The summed E-state index contributed by atoms with van der Waals surface area (Å²) >= 11 is 0. The number of carbonyl (C=O) groups is 1. The van der Waals surface area contributed by atoms with Gasteiger partial charge in [0.2, 0.25) is 0 Å². The van der Waals surface area contributed by atoms with Crippen LogP contribution in [-0.4, -0.2) is 52.6 Å². The van der Waals surface area contributed by atoms with Gasteiger partial charge in [0.15, 0.2) is 0 Å². The van der Waals surface area contributed by atoms with Crippen molar-refractivity contribution in [2.24, 2.45) is 39.4 Å². The zero-order chi connectivity index (χ0) is 26.9. The van der Waals surface area contributed by atoms with Gasteiger partial charge in [-0.2, -0.15) is 0 Å².